The fourth-order valence-electron chi connectivity index (χ4n) is 3.62. The molecule has 3 rings (SSSR count). The number of piperidine rings is 1. The summed E-state index contributed by atoms with van der Waals surface area (Å²) in [5.74, 6) is 0.485. The predicted octanol–water partition coefficient (Wildman–Crippen LogP) is 2.39. The zero-order chi connectivity index (χ0) is 19.3. The summed E-state index contributed by atoms with van der Waals surface area (Å²) in [7, 11) is -1.71. The van der Waals surface area contributed by atoms with Crippen LogP contribution in [0.25, 0.3) is 10.8 Å². The first-order chi connectivity index (χ1) is 13.0. The number of nitrogens with zero attached hydrogens (tertiary/aromatic N) is 1. The van der Waals surface area contributed by atoms with Crippen LogP contribution >= 0.6 is 12.4 Å². The minimum Gasteiger partial charge on any atom is -0.342 e. The summed E-state index contributed by atoms with van der Waals surface area (Å²) in [6, 6.07) is 12.7. The van der Waals surface area contributed by atoms with Gasteiger partial charge in [0.05, 0.1) is 4.90 Å². The Morgan fingerprint density at radius 1 is 1.18 bits per heavy atom. The van der Waals surface area contributed by atoms with Crippen LogP contribution in [-0.4, -0.2) is 52.5 Å². The van der Waals surface area contributed by atoms with E-state index in [0.717, 1.165) is 43.2 Å². The number of hydrogen-bond donors (Lipinski definition) is 2. The Bertz CT molecular complexity index is 902. The van der Waals surface area contributed by atoms with Gasteiger partial charge in [0.2, 0.25) is 15.9 Å². The number of carbonyl (C=O) groups is 1. The molecule has 1 amide bonds. The molecule has 2 N–H and O–H groups in total. The molecule has 2 aromatic carbocycles. The monoisotopic (exact) mass is 425 g/mol. The van der Waals surface area contributed by atoms with E-state index >= 15 is 0 Å². The van der Waals surface area contributed by atoms with Gasteiger partial charge in [-0.25, -0.2) is 13.1 Å². The molecular weight excluding hydrogens is 398 g/mol. The van der Waals surface area contributed by atoms with Gasteiger partial charge in [0.25, 0.3) is 0 Å². The molecule has 1 aliphatic rings. The molecule has 6 nitrogen and oxygen atoms in total. The lowest BCUT2D eigenvalue weighted by Crippen LogP contribution is -2.43. The van der Waals surface area contributed by atoms with Crippen molar-refractivity contribution in [3.63, 3.8) is 0 Å². The number of carbonyl (C=O) groups excluding carboxylic acids is 1. The Labute approximate surface area is 173 Å². The van der Waals surface area contributed by atoms with Crippen LogP contribution in [0.2, 0.25) is 0 Å². The molecule has 0 radical (unpaired) electrons. The smallest absolute Gasteiger partial charge is 0.240 e. The summed E-state index contributed by atoms with van der Waals surface area (Å²) in [6.07, 6.45) is 2.30. The van der Waals surface area contributed by atoms with Crippen molar-refractivity contribution in [3.05, 3.63) is 42.5 Å². The van der Waals surface area contributed by atoms with Gasteiger partial charge < -0.3 is 10.2 Å². The molecule has 0 spiro atoms. The van der Waals surface area contributed by atoms with Gasteiger partial charge in [0.15, 0.2) is 0 Å². The maximum Gasteiger partial charge on any atom is 0.240 e. The van der Waals surface area contributed by atoms with E-state index in [2.05, 4.69) is 10.0 Å². The average Bonchev–Trinajstić information content (AvgIpc) is 2.68. The Kier molecular flexibility index (Phi) is 8.24. The molecule has 1 fully saturated rings. The van der Waals surface area contributed by atoms with Crippen molar-refractivity contribution in [2.24, 2.45) is 5.92 Å². The quantitative estimate of drug-likeness (QED) is 0.713. The van der Waals surface area contributed by atoms with Crippen molar-refractivity contribution in [2.45, 2.75) is 24.2 Å². The molecule has 154 valence electrons. The highest BCUT2D eigenvalue weighted by Gasteiger charge is 2.23. The van der Waals surface area contributed by atoms with Gasteiger partial charge in [-0.15, -0.1) is 12.4 Å². The van der Waals surface area contributed by atoms with E-state index in [1.54, 1.807) is 18.2 Å². The lowest BCUT2D eigenvalue weighted by atomic mass is 9.98. The van der Waals surface area contributed by atoms with Crippen LogP contribution in [0, 0.1) is 5.92 Å². The standard InChI is InChI=1S/C20H27N3O3S.ClH/c1-21-14-16-5-4-12-23(15-16)20(24)10-11-22-27(25,26)19-9-8-17-6-2-3-7-18(17)13-19;/h2-3,6-9,13,16,21-22H,4-5,10-12,14-15H2,1H3;1H. The van der Waals surface area contributed by atoms with Crippen LogP contribution in [0.15, 0.2) is 47.4 Å². The van der Waals surface area contributed by atoms with Crippen molar-refractivity contribution >= 4 is 39.1 Å². The van der Waals surface area contributed by atoms with Gasteiger partial charge in [0, 0.05) is 26.1 Å². The summed E-state index contributed by atoms with van der Waals surface area (Å²) in [6.45, 7) is 2.52. The van der Waals surface area contributed by atoms with Gasteiger partial charge in [0.1, 0.15) is 0 Å². The Morgan fingerprint density at radius 2 is 1.93 bits per heavy atom. The molecule has 0 aliphatic carbocycles. The molecule has 1 atom stereocenters. The minimum atomic E-state index is -3.63. The highest BCUT2D eigenvalue weighted by atomic mass is 35.5. The first-order valence-corrected chi connectivity index (χ1v) is 10.9. The highest BCUT2D eigenvalue weighted by molar-refractivity contribution is 7.89. The van der Waals surface area contributed by atoms with E-state index < -0.39 is 10.0 Å². The first kappa shape index (κ1) is 22.6. The largest absolute Gasteiger partial charge is 0.342 e. The third-order valence-electron chi connectivity index (χ3n) is 5.03. The number of amides is 1. The normalized spacial score (nSPS) is 17.3. The topological polar surface area (TPSA) is 78.5 Å². The van der Waals surface area contributed by atoms with Gasteiger partial charge in [-0.2, -0.15) is 0 Å². The van der Waals surface area contributed by atoms with Gasteiger partial charge in [-0.1, -0.05) is 30.3 Å². The number of fused-ring (bicyclic) bond motifs is 1. The molecule has 0 saturated carbocycles. The fraction of sp³-hybridized carbons (Fsp3) is 0.450. The maximum absolute atomic E-state index is 12.5. The molecule has 28 heavy (non-hydrogen) atoms. The van der Waals surface area contributed by atoms with E-state index in [-0.39, 0.29) is 36.2 Å². The second kappa shape index (κ2) is 10.2. The van der Waals surface area contributed by atoms with E-state index in [1.165, 1.54) is 0 Å². The molecule has 1 unspecified atom stereocenters. The third-order valence-corrected chi connectivity index (χ3v) is 6.49. The number of halogens is 1. The summed E-state index contributed by atoms with van der Waals surface area (Å²) < 4.78 is 27.6. The molecule has 1 saturated heterocycles. The average molecular weight is 426 g/mol. The Hall–Kier alpha value is -1.67. The van der Waals surface area contributed by atoms with Crippen LogP contribution < -0.4 is 10.0 Å². The van der Waals surface area contributed by atoms with Crippen LogP contribution in [0.5, 0.6) is 0 Å². The van der Waals surface area contributed by atoms with E-state index in [1.807, 2.05) is 36.2 Å². The Balaban J connectivity index is 0.00000280. The summed E-state index contributed by atoms with van der Waals surface area (Å²) >= 11 is 0. The molecule has 1 aliphatic heterocycles. The van der Waals surface area contributed by atoms with Crippen molar-refractivity contribution in [1.29, 1.82) is 0 Å². The van der Waals surface area contributed by atoms with E-state index in [0.29, 0.717) is 5.92 Å². The molecule has 0 aromatic heterocycles. The van der Waals surface area contributed by atoms with E-state index in [9.17, 15) is 13.2 Å². The second-order valence-electron chi connectivity index (χ2n) is 7.06. The number of likely N-dealkylation sites (tertiary alicyclic amines) is 1. The first-order valence-electron chi connectivity index (χ1n) is 9.40. The number of nitrogens with one attached hydrogen (secondary N) is 2. The molecule has 8 heteroatoms. The maximum atomic E-state index is 12.5. The van der Waals surface area contributed by atoms with Crippen LogP contribution in [0.3, 0.4) is 0 Å². The molecule has 1 heterocycles. The number of hydrogen-bond acceptors (Lipinski definition) is 4. The third kappa shape index (κ3) is 5.67. The number of benzene rings is 2. The molecule has 2 aromatic rings. The van der Waals surface area contributed by atoms with Crippen molar-refractivity contribution in [3.8, 4) is 0 Å². The Morgan fingerprint density at radius 3 is 2.68 bits per heavy atom. The van der Waals surface area contributed by atoms with Crippen LogP contribution in [0.1, 0.15) is 19.3 Å². The minimum absolute atomic E-state index is 0. The van der Waals surface area contributed by atoms with E-state index in [4.69, 9.17) is 0 Å². The predicted molar refractivity (Wildman–Crippen MR) is 114 cm³/mol. The molecular formula is C20H28ClN3O3S. The highest BCUT2D eigenvalue weighted by Crippen LogP contribution is 2.19. The van der Waals surface area contributed by atoms with Crippen molar-refractivity contribution in [1.82, 2.24) is 14.9 Å². The zero-order valence-electron chi connectivity index (χ0n) is 16.1. The second-order valence-corrected chi connectivity index (χ2v) is 8.83. The SMILES string of the molecule is CNCC1CCCN(C(=O)CCNS(=O)(=O)c2ccc3ccccc3c2)C1.Cl. The van der Waals surface area contributed by atoms with Crippen LogP contribution in [0.4, 0.5) is 0 Å². The number of rotatable bonds is 7. The molecule has 0 bridgehead atoms. The summed E-state index contributed by atoms with van der Waals surface area (Å²) in [5.41, 5.74) is 0. The summed E-state index contributed by atoms with van der Waals surface area (Å²) in [4.78, 5) is 14.5. The lowest BCUT2D eigenvalue weighted by molar-refractivity contribution is -0.132. The lowest BCUT2D eigenvalue weighted by Gasteiger charge is -2.32. The zero-order valence-corrected chi connectivity index (χ0v) is 17.7. The van der Waals surface area contributed by atoms with Crippen LogP contribution in [-0.2, 0) is 14.8 Å². The van der Waals surface area contributed by atoms with Crippen molar-refractivity contribution in [2.75, 3.05) is 33.2 Å². The fourth-order valence-corrected chi connectivity index (χ4v) is 4.68. The summed E-state index contributed by atoms with van der Waals surface area (Å²) in [5, 5.41) is 5.03. The van der Waals surface area contributed by atoms with Crippen molar-refractivity contribution < 1.29 is 13.2 Å². The van der Waals surface area contributed by atoms with Gasteiger partial charge in [-0.05, 0) is 55.3 Å². The number of sulfonamides is 1. The van der Waals surface area contributed by atoms with Gasteiger partial charge in [-0.3, -0.25) is 4.79 Å². The van der Waals surface area contributed by atoms with Gasteiger partial charge >= 0.3 is 0 Å².